The van der Waals surface area contributed by atoms with E-state index in [0.717, 1.165) is 11.7 Å². The minimum Gasteiger partial charge on any atom is -0.438 e. The standard InChI is InChI=1S/C24H31N3O5S/c1-24(2,3)23-25-16-19(22(27-23)32-18-8-6-5-7-9-18)21(28)26-20(12-15-33(4,29)30)17-10-13-31-14-11-17/h5-9,12,15-17,20H,10-11,13-14H2,1-4H3,(H,26,28)/b15-12+. The van der Waals surface area contributed by atoms with E-state index >= 15 is 0 Å². The lowest BCUT2D eigenvalue weighted by Gasteiger charge is -2.29. The van der Waals surface area contributed by atoms with Gasteiger partial charge in [0.25, 0.3) is 5.91 Å². The predicted octanol–water partition coefficient (Wildman–Crippen LogP) is 3.65. The topological polar surface area (TPSA) is 107 Å². The Morgan fingerprint density at radius 2 is 1.88 bits per heavy atom. The van der Waals surface area contributed by atoms with Gasteiger partial charge in [0, 0.05) is 36.5 Å². The average molecular weight is 474 g/mol. The molecule has 1 unspecified atom stereocenters. The van der Waals surface area contributed by atoms with Crippen LogP contribution in [-0.2, 0) is 20.0 Å². The third-order valence-corrected chi connectivity index (χ3v) is 5.88. The number of sulfone groups is 1. The van der Waals surface area contributed by atoms with Crippen LogP contribution in [0.15, 0.2) is 48.0 Å². The van der Waals surface area contributed by atoms with Crippen molar-refractivity contribution in [3.63, 3.8) is 0 Å². The van der Waals surface area contributed by atoms with Crippen LogP contribution in [0.25, 0.3) is 0 Å². The zero-order valence-corrected chi connectivity index (χ0v) is 20.3. The number of nitrogens with one attached hydrogen (secondary N) is 1. The summed E-state index contributed by atoms with van der Waals surface area (Å²) in [5.74, 6) is 0.854. The summed E-state index contributed by atoms with van der Waals surface area (Å²) >= 11 is 0. The molecule has 0 bridgehead atoms. The lowest BCUT2D eigenvalue weighted by molar-refractivity contribution is 0.0569. The van der Waals surface area contributed by atoms with Crippen LogP contribution < -0.4 is 10.1 Å². The van der Waals surface area contributed by atoms with Gasteiger partial charge in [-0.2, -0.15) is 4.98 Å². The van der Waals surface area contributed by atoms with Crippen LogP contribution >= 0.6 is 0 Å². The Morgan fingerprint density at radius 3 is 2.48 bits per heavy atom. The summed E-state index contributed by atoms with van der Waals surface area (Å²) in [5, 5.41) is 4.09. The molecule has 178 valence electrons. The monoisotopic (exact) mass is 473 g/mol. The number of rotatable bonds is 7. The second-order valence-corrected chi connectivity index (χ2v) is 11.1. The lowest BCUT2D eigenvalue weighted by Crippen LogP contribution is -2.41. The molecular weight excluding hydrogens is 442 g/mol. The molecule has 2 heterocycles. The number of amides is 1. The first kappa shape index (κ1) is 24.9. The third-order valence-electron chi connectivity index (χ3n) is 5.23. The van der Waals surface area contributed by atoms with Gasteiger partial charge in [0.05, 0.1) is 6.04 Å². The van der Waals surface area contributed by atoms with Crippen molar-refractivity contribution >= 4 is 15.7 Å². The van der Waals surface area contributed by atoms with Gasteiger partial charge in [-0.1, -0.05) is 45.0 Å². The smallest absolute Gasteiger partial charge is 0.258 e. The number of nitrogens with zero attached hydrogens (tertiary/aromatic N) is 2. The van der Waals surface area contributed by atoms with Crippen molar-refractivity contribution in [2.24, 2.45) is 5.92 Å². The molecular formula is C24H31N3O5S. The van der Waals surface area contributed by atoms with Crippen molar-refractivity contribution in [1.29, 1.82) is 0 Å². The second kappa shape index (κ2) is 10.4. The minimum atomic E-state index is -3.34. The second-order valence-electron chi connectivity index (χ2n) is 9.18. The summed E-state index contributed by atoms with van der Waals surface area (Å²) in [6.45, 7) is 7.06. The molecule has 33 heavy (non-hydrogen) atoms. The number of carbonyl (C=O) groups excluding carboxylic acids is 1. The summed E-state index contributed by atoms with van der Waals surface area (Å²) in [5.41, 5.74) is -0.163. The molecule has 1 fully saturated rings. The third kappa shape index (κ3) is 7.36. The number of hydrogen-bond donors (Lipinski definition) is 1. The Kier molecular flexibility index (Phi) is 7.86. The Hall–Kier alpha value is -2.78. The highest BCUT2D eigenvalue weighted by atomic mass is 32.2. The number of para-hydroxylation sites is 1. The molecule has 2 aromatic rings. The van der Waals surface area contributed by atoms with Gasteiger partial charge in [0.15, 0.2) is 9.84 Å². The van der Waals surface area contributed by atoms with Crippen molar-refractivity contribution in [3.8, 4) is 11.6 Å². The summed E-state index contributed by atoms with van der Waals surface area (Å²) in [6.07, 6.45) is 5.54. The van der Waals surface area contributed by atoms with Gasteiger partial charge in [-0.25, -0.2) is 13.4 Å². The molecule has 8 nitrogen and oxygen atoms in total. The van der Waals surface area contributed by atoms with E-state index in [1.54, 1.807) is 12.1 Å². The van der Waals surface area contributed by atoms with Gasteiger partial charge < -0.3 is 14.8 Å². The van der Waals surface area contributed by atoms with Gasteiger partial charge in [0.1, 0.15) is 17.1 Å². The van der Waals surface area contributed by atoms with Gasteiger partial charge in [-0.3, -0.25) is 4.79 Å². The number of ether oxygens (including phenoxy) is 2. The van der Waals surface area contributed by atoms with Crippen LogP contribution in [0, 0.1) is 5.92 Å². The zero-order chi connectivity index (χ0) is 24.1. The van der Waals surface area contributed by atoms with Crippen LogP contribution in [-0.4, -0.2) is 49.8 Å². The van der Waals surface area contributed by atoms with Gasteiger partial charge in [0.2, 0.25) is 5.88 Å². The molecule has 1 N–H and O–H groups in total. The maximum Gasteiger partial charge on any atom is 0.258 e. The van der Waals surface area contributed by atoms with Crippen LogP contribution in [0.2, 0.25) is 0 Å². The maximum absolute atomic E-state index is 13.3. The Balaban J connectivity index is 1.93. The molecule has 0 aliphatic carbocycles. The van der Waals surface area contributed by atoms with Crippen LogP contribution in [0.3, 0.4) is 0 Å². The van der Waals surface area contributed by atoms with Crippen molar-refractivity contribution in [2.45, 2.75) is 45.1 Å². The number of carbonyl (C=O) groups is 1. The molecule has 3 rings (SSSR count). The molecule has 9 heteroatoms. The fourth-order valence-corrected chi connectivity index (χ4v) is 3.87. The first-order chi connectivity index (χ1) is 15.5. The van der Waals surface area contributed by atoms with E-state index in [2.05, 4.69) is 15.3 Å². The first-order valence-electron chi connectivity index (χ1n) is 10.9. The molecule has 1 amide bonds. The summed E-state index contributed by atoms with van der Waals surface area (Å²) < 4.78 is 34.8. The van der Waals surface area contributed by atoms with E-state index in [1.807, 2.05) is 39.0 Å². The van der Waals surface area contributed by atoms with Crippen molar-refractivity contribution in [3.05, 3.63) is 59.4 Å². The molecule has 1 saturated heterocycles. The highest BCUT2D eigenvalue weighted by Gasteiger charge is 2.27. The van der Waals surface area contributed by atoms with Crippen LogP contribution in [0.1, 0.15) is 49.8 Å². The Labute approximate surface area is 195 Å². The van der Waals surface area contributed by atoms with E-state index in [0.29, 0.717) is 37.6 Å². The fourth-order valence-electron chi connectivity index (χ4n) is 3.42. The van der Waals surface area contributed by atoms with E-state index in [9.17, 15) is 13.2 Å². The van der Waals surface area contributed by atoms with E-state index in [-0.39, 0.29) is 22.8 Å². The first-order valence-corrected chi connectivity index (χ1v) is 12.9. The molecule has 0 spiro atoms. The normalized spacial score (nSPS) is 16.5. The summed E-state index contributed by atoms with van der Waals surface area (Å²) in [7, 11) is -3.34. The SMILES string of the molecule is CC(C)(C)c1ncc(C(=O)NC(/C=C/S(C)(=O)=O)C2CCOCC2)c(Oc2ccccc2)n1. The van der Waals surface area contributed by atoms with E-state index < -0.39 is 21.8 Å². The minimum absolute atomic E-state index is 0.0500. The summed E-state index contributed by atoms with van der Waals surface area (Å²) in [6, 6.07) is 8.60. The average Bonchev–Trinajstić information content (AvgIpc) is 2.76. The number of hydrogen-bond acceptors (Lipinski definition) is 7. The zero-order valence-electron chi connectivity index (χ0n) is 19.4. The largest absolute Gasteiger partial charge is 0.438 e. The number of benzene rings is 1. The molecule has 0 saturated carbocycles. The molecule has 1 aromatic carbocycles. The molecule has 0 radical (unpaired) electrons. The van der Waals surface area contributed by atoms with Crippen molar-refractivity contribution in [2.75, 3.05) is 19.5 Å². The van der Waals surface area contributed by atoms with Crippen molar-refractivity contribution < 1.29 is 22.7 Å². The molecule has 1 aliphatic heterocycles. The van der Waals surface area contributed by atoms with Crippen LogP contribution in [0.4, 0.5) is 0 Å². The van der Waals surface area contributed by atoms with Gasteiger partial charge in [-0.15, -0.1) is 0 Å². The van der Waals surface area contributed by atoms with E-state index in [4.69, 9.17) is 9.47 Å². The molecule has 1 atom stereocenters. The molecule has 1 aliphatic rings. The predicted molar refractivity (Wildman–Crippen MR) is 126 cm³/mol. The highest BCUT2D eigenvalue weighted by Crippen LogP contribution is 2.27. The quantitative estimate of drug-likeness (QED) is 0.654. The Bertz CT molecular complexity index is 1090. The van der Waals surface area contributed by atoms with Crippen molar-refractivity contribution in [1.82, 2.24) is 15.3 Å². The lowest BCUT2D eigenvalue weighted by atomic mass is 9.91. The van der Waals surface area contributed by atoms with Gasteiger partial charge in [-0.05, 0) is 30.9 Å². The van der Waals surface area contributed by atoms with Crippen LogP contribution in [0.5, 0.6) is 11.6 Å². The molecule has 1 aromatic heterocycles. The van der Waals surface area contributed by atoms with Gasteiger partial charge >= 0.3 is 0 Å². The van der Waals surface area contributed by atoms with E-state index in [1.165, 1.54) is 12.3 Å². The Morgan fingerprint density at radius 1 is 1.21 bits per heavy atom. The maximum atomic E-state index is 13.3. The number of aromatic nitrogens is 2. The highest BCUT2D eigenvalue weighted by molar-refractivity contribution is 7.93. The fraction of sp³-hybridized carbons (Fsp3) is 0.458. The summed E-state index contributed by atoms with van der Waals surface area (Å²) in [4.78, 5) is 22.2.